The Morgan fingerprint density at radius 1 is 0.720 bits per heavy atom. The van der Waals surface area contributed by atoms with E-state index in [1.165, 1.54) is 0 Å². The fourth-order valence-corrected chi connectivity index (χ4v) is 2.43. The lowest BCUT2D eigenvalue weighted by Crippen LogP contribution is -2.20. The summed E-state index contributed by atoms with van der Waals surface area (Å²) in [5, 5.41) is 20.0. The molecule has 0 saturated heterocycles. The van der Waals surface area contributed by atoms with Crippen molar-refractivity contribution in [3.63, 3.8) is 0 Å². The van der Waals surface area contributed by atoms with Gasteiger partial charge in [-0.15, -0.1) is 0 Å². The molecule has 0 radical (unpaired) electrons. The molecular weight excluding hydrogens is 316 g/mol. The van der Waals surface area contributed by atoms with Gasteiger partial charge in [-0.05, 0) is 48.5 Å². The average molecular weight is 334 g/mol. The second kappa shape index (κ2) is 6.79. The smallest absolute Gasteiger partial charge is 0.190 e. The van der Waals surface area contributed by atoms with Gasteiger partial charge in [-0.2, -0.15) is 0 Å². The van der Waals surface area contributed by atoms with E-state index in [4.69, 9.17) is 26.7 Å². The highest BCUT2D eigenvalue weighted by Crippen LogP contribution is 2.30. The predicted octanol–water partition coefficient (Wildman–Crippen LogP) is 3.22. The van der Waals surface area contributed by atoms with Crippen molar-refractivity contribution in [2.24, 2.45) is 11.5 Å². The molecule has 0 amide bonds. The first-order chi connectivity index (χ1) is 12.0. The Bertz CT molecular complexity index is 913. The van der Waals surface area contributed by atoms with Crippen molar-refractivity contribution in [2.75, 3.05) is 10.6 Å². The third kappa shape index (κ3) is 3.97. The number of nitrogens with two attached hydrogens (primary N) is 2. The van der Waals surface area contributed by atoms with E-state index < -0.39 is 0 Å². The van der Waals surface area contributed by atoms with Crippen LogP contribution in [-0.4, -0.2) is 11.9 Å². The number of guanidine groups is 2. The fraction of sp³-hybridized carbons (Fsp3) is 0. The molecule has 0 spiro atoms. The molecule has 0 atom stereocenters. The van der Waals surface area contributed by atoms with Crippen molar-refractivity contribution >= 4 is 23.3 Å². The van der Waals surface area contributed by atoms with Gasteiger partial charge in [-0.25, -0.2) is 0 Å². The zero-order valence-corrected chi connectivity index (χ0v) is 13.3. The Hall–Kier alpha value is -3.74. The van der Waals surface area contributed by atoms with E-state index in [-0.39, 0.29) is 11.9 Å². The molecule has 25 heavy (non-hydrogen) atoms. The van der Waals surface area contributed by atoms with E-state index in [0.29, 0.717) is 5.76 Å². The summed E-state index contributed by atoms with van der Waals surface area (Å²) in [7, 11) is 0. The number of furan rings is 1. The van der Waals surface area contributed by atoms with Gasteiger partial charge in [-0.1, -0.05) is 12.1 Å². The summed E-state index contributed by atoms with van der Waals surface area (Å²) in [6, 6.07) is 18.7. The van der Waals surface area contributed by atoms with Gasteiger partial charge in [0.2, 0.25) is 0 Å². The fourth-order valence-electron chi connectivity index (χ4n) is 2.43. The van der Waals surface area contributed by atoms with E-state index in [2.05, 4.69) is 10.6 Å². The average Bonchev–Trinajstić information content (AvgIpc) is 3.05. The quantitative estimate of drug-likeness (QED) is 0.321. The van der Waals surface area contributed by atoms with Crippen molar-refractivity contribution in [2.45, 2.75) is 0 Å². The Kier molecular flexibility index (Phi) is 4.38. The van der Waals surface area contributed by atoms with Gasteiger partial charge in [0.05, 0.1) is 0 Å². The molecule has 3 aromatic rings. The number of nitrogens with one attached hydrogen (secondary N) is 4. The lowest BCUT2D eigenvalue weighted by molar-refractivity contribution is 0.597. The zero-order valence-electron chi connectivity index (χ0n) is 13.3. The monoisotopic (exact) mass is 334 g/mol. The first-order valence-electron chi connectivity index (χ1n) is 7.54. The van der Waals surface area contributed by atoms with Gasteiger partial charge < -0.3 is 26.5 Å². The molecule has 0 saturated carbocycles. The van der Waals surface area contributed by atoms with Crippen LogP contribution in [0.1, 0.15) is 0 Å². The molecule has 1 heterocycles. The van der Waals surface area contributed by atoms with E-state index in [9.17, 15) is 0 Å². The Balaban J connectivity index is 1.82. The normalized spacial score (nSPS) is 10.2. The van der Waals surface area contributed by atoms with Gasteiger partial charge in [0, 0.05) is 22.5 Å². The highest BCUT2D eigenvalue weighted by Gasteiger charge is 2.08. The molecule has 126 valence electrons. The number of benzene rings is 2. The molecular formula is C18H18N6O. The van der Waals surface area contributed by atoms with Crippen molar-refractivity contribution in [1.29, 1.82) is 10.8 Å². The topological polar surface area (TPSA) is 137 Å². The second-order valence-corrected chi connectivity index (χ2v) is 5.40. The maximum absolute atomic E-state index is 7.30. The minimum atomic E-state index is -0.114. The van der Waals surface area contributed by atoms with Crippen LogP contribution in [0, 0.1) is 10.8 Å². The van der Waals surface area contributed by atoms with Crippen LogP contribution in [-0.2, 0) is 0 Å². The van der Waals surface area contributed by atoms with Gasteiger partial charge in [-0.3, -0.25) is 10.8 Å². The Morgan fingerprint density at radius 3 is 1.96 bits per heavy atom. The van der Waals surface area contributed by atoms with Crippen LogP contribution in [0.4, 0.5) is 11.4 Å². The minimum absolute atomic E-state index is 0.105. The lowest BCUT2D eigenvalue weighted by Gasteiger charge is -2.05. The van der Waals surface area contributed by atoms with Gasteiger partial charge in [0.1, 0.15) is 11.5 Å². The van der Waals surface area contributed by atoms with Crippen LogP contribution < -0.4 is 22.1 Å². The number of hydrogen-bond donors (Lipinski definition) is 6. The summed E-state index contributed by atoms with van der Waals surface area (Å²) < 4.78 is 5.94. The molecule has 7 nitrogen and oxygen atoms in total. The molecule has 7 heteroatoms. The number of anilines is 2. The molecule has 0 aliphatic carbocycles. The minimum Gasteiger partial charge on any atom is -0.456 e. The summed E-state index contributed by atoms with van der Waals surface area (Å²) in [6.45, 7) is 0. The predicted molar refractivity (Wildman–Crippen MR) is 101 cm³/mol. The van der Waals surface area contributed by atoms with Crippen LogP contribution in [0.2, 0.25) is 0 Å². The Labute approximate surface area is 144 Å². The van der Waals surface area contributed by atoms with Crippen LogP contribution in [0.5, 0.6) is 0 Å². The third-order valence-electron chi connectivity index (χ3n) is 3.48. The van der Waals surface area contributed by atoms with Crippen LogP contribution in [0.15, 0.2) is 65.1 Å². The zero-order chi connectivity index (χ0) is 17.8. The first kappa shape index (κ1) is 16.1. The van der Waals surface area contributed by atoms with E-state index in [0.717, 1.165) is 28.3 Å². The van der Waals surface area contributed by atoms with E-state index in [1.807, 2.05) is 60.7 Å². The maximum atomic E-state index is 7.30. The molecule has 0 unspecified atom stereocenters. The van der Waals surface area contributed by atoms with Crippen molar-refractivity contribution in [1.82, 2.24) is 0 Å². The highest BCUT2D eigenvalue weighted by atomic mass is 16.3. The summed E-state index contributed by atoms with van der Waals surface area (Å²) in [4.78, 5) is 0. The van der Waals surface area contributed by atoms with Gasteiger partial charge >= 0.3 is 0 Å². The third-order valence-corrected chi connectivity index (χ3v) is 3.48. The summed E-state index contributed by atoms with van der Waals surface area (Å²) >= 11 is 0. The van der Waals surface area contributed by atoms with E-state index >= 15 is 0 Å². The maximum Gasteiger partial charge on any atom is 0.190 e. The van der Waals surface area contributed by atoms with Gasteiger partial charge in [0.15, 0.2) is 11.9 Å². The summed E-state index contributed by atoms with van der Waals surface area (Å²) in [5.41, 5.74) is 13.9. The second-order valence-electron chi connectivity index (χ2n) is 5.40. The molecule has 2 aromatic carbocycles. The van der Waals surface area contributed by atoms with Crippen LogP contribution >= 0.6 is 0 Å². The summed E-state index contributed by atoms with van der Waals surface area (Å²) in [6.07, 6.45) is 0. The largest absolute Gasteiger partial charge is 0.456 e. The van der Waals surface area contributed by atoms with Crippen LogP contribution in [0.25, 0.3) is 22.6 Å². The van der Waals surface area contributed by atoms with Crippen molar-refractivity contribution in [3.8, 4) is 22.6 Å². The highest BCUT2D eigenvalue weighted by molar-refractivity contribution is 5.90. The SMILES string of the molecule is N=C(N)Nc1ccc(-c2ccc(-c3cccc(NC(=N)N)c3)o2)cc1. The first-order valence-corrected chi connectivity index (χ1v) is 7.54. The van der Waals surface area contributed by atoms with Gasteiger partial charge in [0.25, 0.3) is 0 Å². The molecule has 0 bridgehead atoms. The molecule has 0 fully saturated rings. The van der Waals surface area contributed by atoms with Crippen molar-refractivity contribution in [3.05, 3.63) is 60.7 Å². The molecule has 0 aliphatic rings. The Morgan fingerprint density at radius 2 is 1.32 bits per heavy atom. The van der Waals surface area contributed by atoms with E-state index in [1.54, 1.807) is 0 Å². The molecule has 1 aromatic heterocycles. The standard InChI is InChI=1S/C18H18N6O/c19-17(20)23-13-6-4-11(5-7-13)15-8-9-16(25-15)12-2-1-3-14(10-12)24-18(21)22/h1-10H,(H4,19,20,23)(H4,21,22,24). The van der Waals surface area contributed by atoms with Crippen molar-refractivity contribution < 1.29 is 4.42 Å². The number of hydrogen-bond acceptors (Lipinski definition) is 3. The lowest BCUT2D eigenvalue weighted by atomic mass is 10.1. The molecule has 8 N–H and O–H groups in total. The molecule has 0 aliphatic heterocycles. The summed E-state index contributed by atoms with van der Waals surface area (Å²) in [5.74, 6) is 1.23. The van der Waals surface area contributed by atoms with Crippen LogP contribution in [0.3, 0.4) is 0 Å². The molecule has 3 rings (SSSR count). The number of rotatable bonds is 4.